The Morgan fingerprint density at radius 1 is 1.00 bits per heavy atom. The minimum Gasteiger partial charge on any atom is -0.478 e. The molecule has 3 heterocycles. The van der Waals surface area contributed by atoms with E-state index < -0.39 is 11.9 Å². The summed E-state index contributed by atoms with van der Waals surface area (Å²) < 4.78 is 0. The Balaban J connectivity index is 0.000000275. The molecule has 2 aromatic rings. The molecule has 0 radical (unpaired) electrons. The predicted octanol–water partition coefficient (Wildman–Crippen LogP) is 2.79. The largest absolute Gasteiger partial charge is 0.478 e. The number of anilines is 1. The van der Waals surface area contributed by atoms with Gasteiger partial charge in [0.25, 0.3) is 0 Å². The van der Waals surface area contributed by atoms with Gasteiger partial charge in [0.05, 0.1) is 10.7 Å². The van der Waals surface area contributed by atoms with Crippen LogP contribution < -0.4 is 4.90 Å². The third-order valence-corrected chi connectivity index (χ3v) is 5.67. The summed E-state index contributed by atoms with van der Waals surface area (Å²) in [5.74, 6) is -1.54. The number of nitrogens with zero attached hydrogens (tertiary/aromatic N) is 4. The molecule has 1 aromatic heterocycles. The van der Waals surface area contributed by atoms with Crippen LogP contribution in [0.3, 0.4) is 0 Å². The maximum Gasteiger partial charge on any atom is 0.328 e. The number of hydrogen-bond acceptors (Lipinski definition) is 6. The molecule has 2 aliphatic heterocycles. The van der Waals surface area contributed by atoms with Gasteiger partial charge in [-0.2, -0.15) is 0 Å². The van der Waals surface area contributed by atoms with Gasteiger partial charge in [-0.1, -0.05) is 29.8 Å². The molecule has 0 spiro atoms. The van der Waals surface area contributed by atoms with Crippen molar-refractivity contribution in [2.45, 2.75) is 24.9 Å². The number of carbonyl (C=O) groups is 2. The van der Waals surface area contributed by atoms with Crippen molar-refractivity contribution in [2.75, 3.05) is 25.0 Å². The van der Waals surface area contributed by atoms with Crippen LogP contribution in [-0.2, 0) is 9.59 Å². The summed E-state index contributed by atoms with van der Waals surface area (Å²) in [6, 6.07) is 13.1. The second-order valence-electron chi connectivity index (χ2n) is 7.22. The van der Waals surface area contributed by atoms with Crippen LogP contribution in [0.1, 0.15) is 12.8 Å². The van der Waals surface area contributed by atoms with Gasteiger partial charge in [0.1, 0.15) is 0 Å². The van der Waals surface area contributed by atoms with E-state index >= 15 is 0 Å². The summed E-state index contributed by atoms with van der Waals surface area (Å²) in [5, 5.41) is 25.2. The van der Waals surface area contributed by atoms with Crippen molar-refractivity contribution >= 4 is 29.4 Å². The smallest absolute Gasteiger partial charge is 0.328 e. The minimum absolute atomic E-state index is 0.558. The molecule has 1 aromatic carbocycles. The molecule has 2 saturated heterocycles. The Hall–Kier alpha value is -2.97. The molecule has 2 bridgehead atoms. The van der Waals surface area contributed by atoms with Crippen molar-refractivity contribution in [3.63, 3.8) is 0 Å². The Morgan fingerprint density at radius 3 is 2.10 bits per heavy atom. The molecule has 2 N–H and O–H groups in total. The van der Waals surface area contributed by atoms with E-state index in [1.54, 1.807) is 0 Å². The normalized spacial score (nSPS) is 20.7. The topological polar surface area (TPSA) is 107 Å². The average Bonchev–Trinajstić information content (AvgIpc) is 2.93. The zero-order chi connectivity index (χ0) is 21.7. The maximum absolute atomic E-state index is 9.55. The van der Waals surface area contributed by atoms with Gasteiger partial charge in [-0.05, 0) is 38.1 Å². The van der Waals surface area contributed by atoms with Crippen LogP contribution in [0.15, 0.2) is 48.6 Å². The number of halogens is 1. The Morgan fingerprint density at radius 2 is 1.60 bits per heavy atom. The third kappa shape index (κ3) is 5.34. The van der Waals surface area contributed by atoms with Crippen molar-refractivity contribution in [3.05, 3.63) is 53.6 Å². The van der Waals surface area contributed by atoms with Gasteiger partial charge < -0.3 is 15.1 Å². The van der Waals surface area contributed by atoms with E-state index in [1.807, 2.05) is 30.3 Å². The van der Waals surface area contributed by atoms with E-state index in [1.165, 1.54) is 12.8 Å². The summed E-state index contributed by atoms with van der Waals surface area (Å²) in [4.78, 5) is 24.0. The summed E-state index contributed by atoms with van der Waals surface area (Å²) >= 11 is 6.23. The standard InChI is InChI=1S/C17H19ClN4.C4H4O4/c1-21-12-6-7-13(21)11-22(10-12)17-9-8-16(19-20-17)14-4-2-3-5-15(14)18;5-3(6)1-2-4(7)8/h2-5,8-9,12-13H,6-7,10-11H2,1H3;1-2H,(H,5,6)(H,7,8)/b;2-1+. The van der Waals surface area contributed by atoms with Crippen LogP contribution in [-0.4, -0.2) is 69.5 Å². The van der Waals surface area contributed by atoms with Gasteiger partial charge in [-0.3, -0.25) is 4.90 Å². The van der Waals surface area contributed by atoms with Gasteiger partial charge >= 0.3 is 11.9 Å². The fourth-order valence-corrected chi connectivity index (χ4v) is 3.98. The van der Waals surface area contributed by atoms with Gasteiger partial charge in [-0.25, -0.2) is 9.59 Å². The summed E-state index contributed by atoms with van der Waals surface area (Å²) in [5.41, 5.74) is 1.76. The highest BCUT2D eigenvalue weighted by Crippen LogP contribution is 2.31. The number of hydrogen-bond donors (Lipinski definition) is 2. The highest BCUT2D eigenvalue weighted by molar-refractivity contribution is 6.33. The second-order valence-corrected chi connectivity index (χ2v) is 7.63. The molecule has 9 heteroatoms. The fourth-order valence-electron chi connectivity index (χ4n) is 3.75. The molecule has 2 aliphatic rings. The first kappa shape index (κ1) is 21.7. The average molecular weight is 431 g/mol. The van der Waals surface area contributed by atoms with Crippen LogP contribution in [0.4, 0.5) is 5.82 Å². The first-order chi connectivity index (χ1) is 14.3. The first-order valence-electron chi connectivity index (χ1n) is 9.54. The SMILES string of the molecule is CN1C2CCC1CN(c1ccc(-c3ccccc3Cl)nn1)C2.O=C(O)/C=C/C(=O)O. The van der Waals surface area contributed by atoms with Crippen molar-refractivity contribution in [1.29, 1.82) is 0 Å². The number of carboxylic acids is 2. The number of likely N-dealkylation sites (N-methyl/N-ethyl adjacent to an activating group) is 1. The van der Waals surface area contributed by atoms with E-state index in [-0.39, 0.29) is 0 Å². The van der Waals surface area contributed by atoms with E-state index in [4.69, 9.17) is 21.8 Å². The van der Waals surface area contributed by atoms with E-state index in [9.17, 15) is 9.59 Å². The number of benzene rings is 1. The first-order valence-corrected chi connectivity index (χ1v) is 9.92. The van der Waals surface area contributed by atoms with Crippen molar-refractivity contribution in [1.82, 2.24) is 15.1 Å². The number of carboxylic acid groups (broad SMARTS) is 2. The maximum atomic E-state index is 9.55. The molecule has 2 fully saturated rings. The van der Waals surface area contributed by atoms with Crippen LogP contribution in [0, 0.1) is 0 Å². The highest BCUT2D eigenvalue weighted by Gasteiger charge is 2.37. The fraction of sp³-hybridized carbons (Fsp3) is 0.333. The number of fused-ring (bicyclic) bond motifs is 2. The zero-order valence-electron chi connectivity index (χ0n) is 16.5. The molecule has 2 atom stereocenters. The van der Waals surface area contributed by atoms with Crippen LogP contribution in [0.5, 0.6) is 0 Å². The molecular weight excluding hydrogens is 408 g/mol. The highest BCUT2D eigenvalue weighted by atomic mass is 35.5. The lowest BCUT2D eigenvalue weighted by molar-refractivity contribution is -0.134. The molecule has 0 amide bonds. The predicted molar refractivity (Wildman–Crippen MR) is 114 cm³/mol. The van der Waals surface area contributed by atoms with E-state index in [0.717, 1.165) is 30.2 Å². The number of aliphatic carboxylic acids is 2. The molecule has 158 valence electrons. The summed E-state index contributed by atoms with van der Waals surface area (Å²) in [6.45, 7) is 2.10. The Bertz CT molecular complexity index is 905. The van der Waals surface area contributed by atoms with Gasteiger partial charge in [-0.15, -0.1) is 10.2 Å². The van der Waals surface area contributed by atoms with Crippen molar-refractivity contribution < 1.29 is 19.8 Å². The molecule has 0 saturated carbocycles. The number of rotatable bonds is 4. The van der Waals surface area contributed by atoms with E-state index in [0.29, 0.717) is 29.3 Å². The second kappa shape index (κ2) is 9.69. The quantitative estimate of drug-likeness (QED) is 0.713. The van der Waals surface area contributed by atoms with Gasteiger partial charge in [0.15, 0.2) is 5.82 Å². The zero-order valence-corrected chi connectivity index (χ0v) is 17.2. The molecule has 8 nitrogen and oxygen atoms in total. The summed E-state index contributed by atoms with van der Waals surface area (Å²) in [7, 11) is 2.24. The lowest BCUT2D eigenvalue weighted by atomic mass is 10.1. The lowest BCUT2D eigenvalue weighted by Gasteiger charge is -2.39. The Kier molecular flexibility index (Phi) is 7.02. The Labute approximate surface area is 179 Å². The third-order valence-electron chi connectivity index (χ3n) is 5.34. The van der Waals surface area contributed by atoms with Crippen molar-refractivity contribution in [3.8, 4) is 11.3 Å². The summed E-state index contributed by atoms with van der Waals surface area (Å²) in [6.07, 6.45) is 3.70. The van der Waals surface area contributed by atoms with E-state index in [2.05, 4.69) is 33.1 Å². The lowest BCUT2D eigenvalue weighted by Crippen LogP contribution is -2.52. The molecule has 4 rings (SSSR count). The van der Waals surface area contributed by atoms with Crippen LogP contribution in [0.2, 0.25) is 5.02 Å². The number of aromatic nitrogens is 2. The van der Waals surface area contributed by atoms with Gasteiger partial charge in [0.2, 0.25) is 0 Å². The molecule has 2 unspecified atom stereocenters. The minimum atomic E-state index is -1.26. The van der Waals surface area contributed by atoms with Gasteiger partial charge in [0, 0.05) is 42.9 Å². The molecular formula is C21H23ClN4O4. The van der Waals surface area contributed by atoms with Crippen LogP contribution in [0.25, 0.3) is 11.3 Å². The number of piperazine rings is 1. The monoisotopic (exact) mass is 430 g/mol. The van der Waals surface area contributed by atoms with Crippen LogP contribution >= 0.6 is 11.6 Å². The van der Waals surface area contributed by atoms with Crippen molar-refractivity contribution in [2.24, 2.45) is 0 Å². The molecule has 30 heavy (non-hydrogen) atoms. The molecule has 0 aliphatic carbocycles.